The zero-order valence-electron chi connectivity index (χ0n) is 14.0. The Morgan fingerprint density at radius 2 is 2.10 bits per heavy atom. The van der Waals surface area contributed by atoms with Gasteiger partial charge in [-0.1, -0.05) is 19.9 Å². The first-order valence-corrected chi connectivity index (χ1v) is 7.64. The van der Waals surface area contributed by atoms with Crippen molar-refractivity contribution in [3.8, 4) is 5.75 Å². The largest absolute Gasteiger partial charge is 0.497 e. The van der Waals surface area contributed by atoms with Gasteiger partial charge in [0.2, 0.25) is 0 Å². The molecule has 2 N–H and O–H groups in total. The van der Waals surface area contributed by atoms with Crippen LogP contribution in [0.15, 0.2) is 24.3 Å². The molecule has 4 nitrogen and oxygen atoms in total. The Balaban J connectivity index is 2.50. The van der Waals surface area contributed by atoms with Crippen molar-refractivity contribution in [3.05, 3.63) is 24.3 Å². The molecule has 0 aromatic heterocycles. The summed E-state index contributed by atoms with van der Waals surface area (Å²) in [5.74, 6) is 0.876. The molecule has 1 unspecified atom stereocenters. The van der Waals surface area contributed by atoms with Crippen LogP contribution < -0.4 is 15.0 Å². The lowest BCUT2D eigenvalue weighted by atomic mass is 9.95. The van der Waals surface area contributed by atoms with Gasteiger partial charge in [-0.3, -0.25) is 0 Å². The van der Waals surface area contributed by atoms with Crippen molar-refractivity contribution in [2.75, 3.05) is 32.2 Å². The molecular weight excluding hydrogens is 264 g/mol. The lowest BCUT2D eigenvalue weighted by molar-refractivity contribution is 0.155. The van der Waals surface area contributed by atoms with E-state index in [-0.39, 0.29) is 12.1 Å². The van der Waals surface area contributed by atoms with E-state index in [0.29, 0.717) is 6.04 Å². The lowest BCUT2D eigenvalue weighted by Crippen LogP contribution is -2.49. The van der Waals surface area contributed by atoms with Gasteiger partial charge in [0.15, 0.2) is 0 Å². The van der Waals surface area contributed by atoms with E-state index in [9.17, 15) is 5.11 Å². The molecule has 0 aliphatic rings. The van der Waals surface area contributed by atoms with E-state index in [4.69, 9.17) is 4.74 Å². The number of nitrogens with zero attached hydrogens (tertiary/aromatic N) is 1. The Hall–Kier alpha value is -1.26. The molecule has 0 saturated heterocycles. The van der Waals surface area contributed by atoms with Gasteiger partial charge in [-0.15, -0.1) is 0 Å². The van der Waals surface area contributed by atoms with E-state index < -0.39 is 0 Å². The van der Waals surface area contributed by atoms with Crippen LogP contribution >= 0.6 is 0 Å². The minimum atomic E-state index is -0.205. The fourth-order valence-electron chi connectivity index (χ4n) is 2.58. The third-order valence-electron chi connectivity index (χ3n) is 3.70. The van der Waals surface area contributed by atoms with Gasteiger partial charge in [0.1, 0.15) is 5.75 Å². The number of aliphatic hydroxyl groups excluding tert-OH is 1. The van der Waals surface area contributed by atoms with E-state index in [2.05, 4.69) is 44.1 Å². The van der Waals surface area contributed by atoms with Gasteiger partial charge in [0, 0.05) is 36.9 Å². The predicted octanol–water partition coefficient (Wildman–Crippen LogP) is 2.66. The summed E-state index contributed by atoms with van der Waals surface area (Å²) in [6, 6.07) is 8.45. The van der Waals surface area contributed by atoms with Crippen molar-refractivity contribution >= 4 is 5.69 Å². The molecule has 0 radical (unpaired) electrons. The van der Waals surface area contributed by atoms with Gasteiger partial charge < -0.3 is 20.1 Å². The highest BCUT2D eigenvalue weighted by Gasteiger charge is 2.23. The molecule has 0 aliphatic heterocycles. The van der Waals surface area contributed by atoms with Crippen molar-refractivity contribution in [1.29, 1.82) is 0 Å². The molecule has 0 amide bonds. The fraction of sp³-hybridized carbons (Fsp3) is 0.647. The first kappa shape index (κ1) is 17.8. The van der Waals surface area contributed by atoms with Crippen LogP contribution in [0.25, 0.3) is 0 Å². The summed E-state index contributed by atoms with van der Waals surface area (Å²) >= 11 is 0. The van der Waals surface area contributed by atoms with E-state index in [1.807, 2.05) is 18.2 Å². The SMILES string of the molecule is COc1cccc(N(C)CCCC(C)(CO)NC(C)C)c1. The second kappa shape index (κ2) is 8.25. The molecule has 1 atom stereocenters. The zero-order valence-corrected chi connectivity index (χ0v) is 14.0. The molecule has 4 heteroatoms. The summed E-state index contributed by atoms with van der Waals surface area (Å²) in [6.45, 7) is 7.40. The van der Waals surface area contributed by atoms with Gasteiger partial charge >= 0.3 is 0 Å². The zero-order chi connectivity index (χ0) is 15.9. The third kappa shape index (κ3) is 5.94. The summed E-state index contributed by atoms with van der Waals surface area (Å²) in [6.07, 6.45) is 1.96. The highest BCUT2D eigenvalue weighted by atomic mass is 16.5. The molecule has 1 aromatic carbocycles. The summed E-state index contributed by atoms with van der Waals surface area (Å²) in [5, 5.41) is 13.0. The Labute approximate surface area is 129 Å². The van der Waals surface area contributed by atoms with E-state index in [1.165, 1.54) is 0 Å². The number of anilines is 1. The highest BCUT2D eigenvalue weighted by Crippen LogP contribution is 2.21. The maximum absolute atomic E-state index is 9.59. The van der Waals surface area contributed by atoms with Crippen LogP contribution in [0.2, 0.25) is 0 Å². The molecule has 0 heterocycles. The predicted molar refractivity (Wildman–Crippen MR) is 89.3 cm³/mol. The van der Waals surface area contributed by atoms with Gasteiger partial charge in [-0.25, -0.2) is 0 Å². The van der Waals surface area contributed by atoms with Crippen LogP contribution in [0.3, 0.4) is 0 Å². The monoisotopic (exact) mass is 294 g/mol. The number of benzene rings is 1. The van der Waals surface area contributed by atoms with Crippen molar-refractivity contribution in [2.45, 2.75) is 45.2 Å². The summed E-state index contributed by atoms with van der Waals surface area (Å²) in [7, 11) is 3.77. The van der Waals surface area contributed by atoms with Gasteiger partial charge in [0.25, 0.3) is 0 Å². The number of nitrogens with one attached hydrogen (secondary N) is 1. The average Bonchev–Trinajstić information content (AvgIpc) is 2.46. The van der Waals surface area contributed by atoms with Crippen LogP contribution in [0.1, 0.15) is 33.6 Å². The number of methoxy groups -OCH3 is 1. The molecule has 0 saturated carbocycles. The van der Waals surface area contributed by atoms with E-state index in [1.54, 1.807) is 7.11 Å². The number of ether oxygens (including phenoxy) is 1. The fourth-order valence-corrected chi connectivity index (χ4v) is 2.58. The molecular formula is C17H30N2O2. The Bertz CT molecular complexity index is 423. The minimum absolute atomic E-state index is 0.161. The molecule has 1 aromatic rings. The molecule has 1 rings (SSSR count). The minimum Gasteiger partial charge on any atom is -0.497 e. The van der Waals surface area contributed by atoms with E-state index >= 15 is 0 Å². The quantitative estimate of drug-likeness (QED) is 0.735. The lowest BCUT2D eigenvalue weighted by Gasteiger charge is -2.32. The van der Waals surface area contributed by atoms with Gasteiger partial charge in [-0.05, 0) is 31.9 Å². The first-order valence-electron chi connectivity index (χ1n) is 7.64. The smallest absolute Gasteiger partial charge is 0.120 e. The average molecular weight is 294 g/mol. The maximum atomic E-state index is 9.59. The normalized spacial score (nSPS) is 14.0. The second-order valence-corrected chi connectivity index (χ2v) is 6.24. The molecule has 120 valence electrons. The number of aliphatic hydroxyl groups is 1. The molecule has 0 bridgehead atoms. The molecule has 0 fully saturated rings. The van der Waals surface area contributed by atoms with Crippen molar-refractivity contribution in [3.63, 3.8) is 0 Å². The molecule has 0 aliphatic carbocycles. The van der Waals surface area contributed by atoms with Crippen LogP contribution in [-0.4, -0.2) is 44.0 Å². The van der Waals surface area contributed by atoms with Crippen molar-refractivity contribution in [2.24, 2.45) is 0 Å². The van der Waals surface area contributed by atoms with Gasteiger partial charge in [-0.2, -0.15) is 0 Å². The standard InChI is InChI=1S/C17H30N2O2/c1-14(2)18-17(3,13-20)10-7-11-19(4)15-8-6-9-16(12-15)21-5/h6,8-9,12,14,18,20H,7,10-11,13H2,1-5H3. The van der Waals surface area contributed by atoms with Crippen LogP contribution in [0.5, 0.6) is 5.75 Å². The number of hydrogen-bond acceptors (Lipinski definition) is 4. The van der Waals surface area contributed by atoms with Crippen LogP contribution in [0.4, 0.5) is 5.69 Å². The Morgan fingerprint density at radius 3 is 2.67 bits per heavy atom. The Kier molecular flexibility index (Phi) is 6.99. The van der Waals surface area contributed by atoms with Crippen LogP contribution in [0, 0.1) is 0 Å². The van der Waals surface area contributed by atoms with Gasteiger partial charge in [0.05, 0.1) is 13.7 Å². The molecule has 0 spiro atoms. The van der Waals surface area contributed by atoms with Crippen molar-refractivity contribution < 1.29 is 9.84 Å². The second-order valence-electron chi connectivity index (χ2n) is 6.24. The maximum Gasteiger partial charge on any atom is 0.120 e. The van der Waals surface area contributed by atoms with E-state index in [0.717, 1.165) is 30.8 Å². The Morgan fingerprint density at radius 1 is 1.38 bits per heavy atom. The number of hydrogen-bond donors (Lipinski definition) is 2. The summed E-state index contributed by atoms with van der Waals surface area (Å²) in [5.41, 5.74) is 0.945. The first-order chi connectivity index (χ1) is 9.90. The van der Waals surface area contributed by atoms with Crippen LogP contribution in [-0.2, 0) is 0 Å². The number of rotatable bonds is 9. The topological polar surface area (TPSA) is 44.7 Å². The highest BCUT2D eigenvalue weighted by molar-refractivity contribution is 5.49. The van der Waals surface area contributed by atoms with Crippen molar-refractivity contribution in [1.82, 2.24) is 5.32 Å². The summed E-state index contributed by atoms with van der Waals surface area (Å²) in [4.78, 5) is 2.22. The third-order valence-corrected chi connectivity index (χ3v) is 3.70. The summed E-state index contributed by atoms with van der Waals surface area (Å²) < 4.78 is 5.26. The molecule has 21 heavy (non-hydrogen) atoms.